The predicted molar refractivity (Wildman–Crippen MR) is 90.3 cm³/mol. The van der Waals surface area contributed by atoms with Gasteiger partial charge in [-0.25, -0.2) is 23.1 Å². The molecule has 1 amide bonds. The first-order valence-corrected chi connectivity index (χ1v) is 8.47. The molecule has 0 saturated carbocycles. The number of aryl methyl sites for hydroxylation is 1. The molecular weight excluding hydrogens is 345 g/mol. The molecular formula is C18H19F3N4O. The van der Waals surface area contributed by atoms with E-state index < -0.39 is 28.9 Å². The van der Waals surface area contributed by atoms with Gasteiger partial charge in [0.2, 0.25) is 0 Å². The van der Waals surface area contributed by atoms with Crippen molar-refractivity contribution in [3.63, 3.8) is 0 Å². The number of piperidine rings is 1. The van der Waals surface area contributed by atoms with Gasteiger partial charge in [0.15, 0.2) is 17.5 Å². The number of hydrogen-bond acceptors (Lipinski definition) is 4. The van der Waals surface area contributed by atoms with Crippen molar-refractivity contribution in [2.24, 2.45) is 0 Å². The van der Waals surface area contributed by atoms with Gasteiger partial charge in [-0.15, -0.1) is 0 Å². The summed E-state index contributed by atoms with van der Waals surface area (Å²) in [5, 5.41) is 2.45. The van der Waals surface area contributed by atoms with E-state index in [1.165, 1.54) is 6.42 Å². The number of anilines is 1. The van der Waals surface area contributed by atoms with Gasteiger partial charge in [-0.3, -0.25) is 4.79 Å². The van der Waals surface area contributed by atoms with Gasteiger partial charge in [0, 0.05) is 24.8 Å². The highest BCUT2D eigenvalue weighted by Gasteiger charge is 2.19. The Morgan fingerprint density at radius 1 is 1.12 bits per heavy atom. The third kappa shape index (κ3) is 3.95. The quantitative estimate of drug-likeness (QED) is 0.847. The minimum absolute atomic E-state index is 0.0419. The molecule has 26 heavy (non-hydrogen) atoms. The van der Waals surface area contributed by atoms with Crippen molar-refractivity contribution >= 4 is 11.7 Å². The van der Waals surface area contributed by atoms with Gasteiger partial charge < -0.3 is 10.2 Å². The first-order chi connectivity index (χ1) is 12.5. The lowest BCUT2D eigenvalue weighted by Gasteiger charge is -2.28. The minimum Gasteiger partial charge on any atom is -0.357 e. The summed E-state index contributed by atoms with van der Waals surface area (Å²) < 4.78 is 39.9. The average Bonchev–Trinajstić information content (AvgIpc) is 2.64. The van der Waals surface area contributed by atoms with Crippen molar-refractivity contribution in [1.82, 2.24) is 15.3 Å². The van der Waals surface area contributed by atoms with Crippen LogP contribution in [-0.4, -0.2) is 29.0 Å². The molecule has 1 N–H and O–H groups in total. The van der Waals surface area contributed by atoms with Crippen LogP contribution < -0.4 is 10.2 Å². The molecule has 3 rings (SSSR count). The monoisotopic (exact) mass is 364 g/mol. The van der Waals surface area contributed by atoms with Gasteiger partial charge in [-0.2, -0.15) is 0 Å². The number of nitrogens with one attached hydrogen (secondary N) is 1. The van der Waals surface area contributed by atoms with E-state index in [-0.39, 0.29) is 6.54 Å². The number of rotatable bonds is 4. The van der Waals surface area contributed by atoms with Crippen LogP contribution in [0.5, 0.6) is 0 Å². The molecule has 0 atom stereocenters. The molecule has 1 aliphatic heterocycles. The van der Waals surface area contributed by atoms with E-state index in [0.717, 1.165) is 43.5 Å². The first kappa shape index (κ1) is 18.2. The van der Waals surface area contributed by atoms with Crippen LogP contribution in [0.2, 0.25) is 0 Å². The van der Waals surface area contributed by atoms with E-state index in [9.17, 15) is 18.0 Å². The van der Waals surface area contributed by atoms with Gasteiger partial charge in [0.25, 0.3) is 5.91 Å². The van der Waals surface area contributed by atoms with E-state index in [4.69, 9.17) is 0 Å². The summed E-state index contributed by atoms with van der Waals surface area (Å²) in [6.45, 7) is 3.62. The Kier molecular flexibility index (Phi) is 5.39. The van der Waals surface area contributed by atoms with E-state index in [1.807, 2.05) is 13.0 Å². The second kappa shape index (κ2) is 7.72. The Morgan fingerprint density at radius 2 is 1.85 bits per heavy atom. The number of halogens is 3. The molecule has 138 valence electrons. The molecule has 0 radical (unpaired) electrons. The average molecular weight is 364 g/mol. The number of hydrogen-bond donors (Lipinski definition) is 1. The van der Waals surface area contributed by atoms with Crippen molar-refractivity contribution in [3.05, 3.63) is 52.7 Å². The molecule has 1 saturated heterocycles. The summed E-state index contributed by atoms with van der Waals surface area (Å²) in [6.07, 6.45) is 3.40. The third-order valence-electron chi connectivity index (χ3n) is 4.25. The molecule has 1 fully saturated rings. The summed E-state index contributed by atoms with van der Waals surface area (Å²) in [5.74, 6) is -4.21. The number of amides is 1. The second-order valence-corrected chi connectivity index (χ2v) is 6.24. The summed E-state index contributed by atoms with van der Waals surface area (Å²) in [7, 11) is 0. The van der Waals surface area contributed by atoms with Crippen LogP contribution in [0.25, 0.3) is 0 Å². The van der Waals surface area contributed by atoms with Gasteiger partial charge in [-0.05, 0) is 38.3 Å². The fraction of sp³-hybridized carbons (Fsp3) is 0.389. The van der Waals surface area contributed by atoms with E-state index in [0.29, 0.717) is 11.9 Å². The largest absolute Gasteiger partial charge is 0.357 e. The molecule has 0 bridgehead atoms. The summed E-state index contributed by atoms with van der Waals surface area (Å²) in [5.41, 5.74) is 0.191. The standard InChI is InChI=1S/C18H19F3N4O/c1-11-9-15(25-7-3-2-4-8-25)24-14(23-11)10-22-18(26)12-5-6-13(19)17(21)16(12)20/h5-6,9H,2-4,7-8,10H2,1H3,(H,22,26). The molecule has 2 aromatic rings. The Balaban J connectivity index is 1.72. The SMILES string of the molecule is Cc1cc(N2CCCCC2)nc(CNC(=O)c2ccc(F)c(F)c2F)n1. The van der Waals surface area contributed by atoms with Gasteiger partial charge >= 0.3 is 0 Å². The zero-order chi connectivity index (χ0) is 18.7. The van der Waals surface area contributed by atoms with Crippen LogP contribution in [0.3, 0.4) is 0 Å². The molecule has 1 aliphatic rings. The Hall–Kier alpha value is -2.64. The molecule has 2 heterocycles. The highest BCUT2D eigenvalue weighted by Crippen LogP contribution is 2.19. The fourth-order valence-corrected chi connectivity index (χ4v) is 2.93. The Bertz CT molecular complexity index is 822. The fourth-order valence-electron chi connectivity index (χ4n) is 2.93. The summed E-state index contributed by atoms with van der Waals surface area (Å²) >= 11 is 0. The lowest BCUT2D eigenvalue weighted by Crippen LogP contribution is -2.31. The van der Waals surface area contributed by atoms with Gasteiger partial charge in [0.1, 0.15) is 11.6 Å². The maximum absolute atomic E-state index is 13.7. The van der Waals surface area contributed by atoms with Crippen LogP contribution in [0.1, 0.15) is 41.1 Å². The topological polar surface area (TPSA) is 58.1 Å². The lowest BCUT2D eigenvalue weighted by molar-refractivity contribution is 0.0944. The summed E-state index contributed by atoms with van der Waals surface area (Å²) in [6, 6.07) is 3.50. The highest BCUT2D eigenvalue weighted by atomic mass is 19.2. The van der Waals surface area contributed by atoms with E-state index >= 15 is 0 Å². The van der Waals surface area contributed by atoms with Crippen LogP contribution in [0.4, 0.5) is 19.0 Å². The van der Waals surface area contributed by atoms with E-state index in [1.54, 1.807) is 0 Å². The van der Waals surface area contributed by atoms with Crippen LogP contribution in [-0.2, 0) is 6.54 Å². The number of benzene rings is 1. The third-order valence-corrected chi connectivity index (χ3v) is 4.25. The van der Waals surface area contributed by atoms with Gasteiger partial charge in [-0.1, -0.05) is 0 Å². The molecule has 1 aromatic heterocycles. The normalized spacial score (nSPS) is 14.4. The molecule has 0 unspecified atom stereocenters. The van der Waals surface area contributed by atoms with Crippen LogP contribution >= 0.6 is 0 Å². The van der Waals surface area contributed by atoms with Gasteiger partial charge in [0.05, 0.1) is 12.1 Å². The predicted octanol–water partition coefficient (Wildman–Crippen LogP) is 3.12. The maximum Gasteiger partial charge on any atom is 0.254 e. The summed E-state index contributed by atoms with van der Waals surface area (Å²) in [4.78, 5) is 23.0. The smallest absolute Gasteiger partial charge is 0.254 e. The first-order valence-electron chi connectivity index (χ1n) is 8.47. The van der Waals surface area contributed by atoms with Crippen LogP contribution in [0.15, 0.2) is 18.2 Å². The maximum atomic E-state index is 13.7. The zero-order valence-corrected chi connectivity index (χ0v) is 14.4. The van der Waals surface area contributed by atoms with Crippen molar-refractivity contribution < 1.29 is 18.0 Å². The second-order valence-electron chi connectivity index (χ2n) is 6.24. The number of nitrogens with zero attached hydrogens (tertiary/aromatic N) is 3. The van der Waals surface area contributed by atoms with Crippen molar-refractivity contribution in [3.8, 4) is 0 Å². The Labute approximate surface area is 149 Å². The van der Waals surface area contributed by atoms with E-state index in [2.05, 4.69) is 20.2 Å². The molecule has 0 aliphatic carbocycles. The molecule has 8 heteroatoms. The van der Waals surface area contributed by atoms with Crippen molar-refractivity contribution in [1.29, 1.82) is 0 Å². The van der Waals surface area contributed by atoms with Crippen molar-refractivity contribution in [2.75, 3.05) is 18.0 Å². The van der Waals surface area contributed by atoms with Crippen LogP contribution in [0, 0.1) is 24.4 Å². The number of aromatic nitrogens is 2. The molecule has 1 aromatic carbocycles. The highest BCUT2D eigenvalue weighted by molar-refractivity contribution is 5.94. The Morgan fingerprint density at radius 3 is 2.58 bits per heavy atom. The number of carbonyl (C=O) groups excluding carboxylic acids is 1. The minimum atomic E-state index is -1.67. The molecule has 0 spiro atoms. The number of carbonyl (C=O) groups is 1. The zero-order valence-electron chi connectivity index (χ0n) is 14.4. The molecule has 5 nitrogen and oxygen atoms in total. The van der Waals surface area contributed by atoms with Crippen molar-refractivity contribution in [2.45, 2.75) is 32.7 Å². The lowest BCUT2D eigenvalue weighted by atomic mass is 10.1.